The molecule has 1 atom stereocenters. The fourth-order valence-corrected chi connectivity index (χ4v) is 3.30. The normalized spacial score (nSPS) is 18.1. The lowest BCUT2D eigenvalue weighted by Gasteiger charge is -2.29. The molecule has 0 aromatic heterocycles. The predicted molar refractivity (Wildman–Crippen MR) is 90.3 cm³/mol. The van der Waals surface area contributed by atoms with Crippen LogP contribution in [0.3, 0.4) is 0 Å². The highest BCUT2D eigenvalue weighted by Crippen LogP contribution is 2.23. The Hall–Kier alpha value is -0.0900. The maximum absolute atomic E-state index is 6.00. The quantitative estimate of drug-likeness (QED) is 0.814. The van der Waals surface area contributed by atoms with Gasteiger partial charge < -0.3 is 10.2 Å². The van der Waals surface area contributed by atoms with Gasteiger partial charge in [0.2, 0.25) is 0 Å². The third kappa shape index (κ3) is 5.36. The number of halogens is 2. The highest BCUT2D eigenvalue weighted by atomic mass is 79.9. The Kier molecular flexibility index (Phi) is 6.82. The molecule has 4 heteroatoms. The number of likely N-dealkylation sites (tertiary alicyclic amines) is 1. The number of hydrogen-bond donors (Lipinski definition) is 1. The lowest BCUT2D eigenvalue weighted by atomic mass is 10.1. The summed E-state index contributed by atoms with van der Waals surface area (Å²) >= 11 is 9.47. The first kappa shape index (κ1) is 16.3. The molecular formula is C16H24BrClN2. The number of nitrogens with zero attached hydrogens (tertiary/aromatic N) is 1. The molecule has 1 saturated heterocycles. The Bertz CT molecular complexity index is 419. The summed E-state index contributed by atoms with van der Waals surface area (Å²) in [5.41, 5.74) is 1.27. The number of rotatable bonds is 6. The van der Waals surface area contributed by atoms with Gasteiger partial charge in [-0.05, 0) is 72.0 Å². The highest BCUT2D eigenvalue weighted by Gasteiger charge is 2.13. The van der Waals surface area contributed by atoms with Crippen molar-refractivity contribution in [3.05, 3.63) is 33.3 Å². The fraction of sp³-hybridized carbons (Fsp3) is 0.625. The molecule has 0 aliphatic carbocycles. The van der Waals surface area contributed by atoms with E-state index in [2.05, 4.69) is 45.2 Å². The minimum absolute atomic E-state index is 0.698. The Morgan fingerprint density at radius 1 is 1.30 bits per heavy atom. The fourth-order valence-electron chi connectivity index (χ4n) is 2.76. The van der Waals surface area contributed by atoms with Gasteiger partial charge in [-0.15, -0.1) is 0 Å². The van der Waals surface area contributed by atoms with E-state index in [1.807, 2.05) is 6.07 Å². The van der Waals surface area contributed by atoms with Crippen LogP contribution in [-0.2, 0) is 6.54 Å². The molecule has 1 unspecified atom stereocenters. The van der Waals surface area contributed by atoms with Gasteiger partial charge >= 0.3 is 0 Å². The zero-order valence-corrected chi connectivity index (χ0v) is 14.5. The summed E-state index contributed by atoms with van der Waals surface area (Å²) in [6.45, 7) is 8.09. The van der Waals surface area contributed by atoms with Gasteiger partial charge in [0, 0.05) is 17.6 Å². The van der Waals surface area contributed by atoms with Crippen LogP contribution in [0, 0.1) is 5.92 Å². The SMILES string of the molecule is CC(CNCc1ccc(Cl)c(Br)c1)CN1CCCCC1. The molecule has 1 aliphatic heterocycles. The zero-order valence-electron chi connectivity index (χ0n) is 12.2. The first-order valence-corrected chi connectivity index (χ1v) is 8.69. The van der Waals surface area contributed by atoms with E-state index in [1.165, 1.54) is 44.5 Å². The Morgan fingerprint density at radius 2 is 2.05 bits per heavy atom. The summed E-state index contributed by atoms with van der Waals surface area (Å²) in [5.74, 6) is 0.698. The standard InChI is InChI=1S/C16H24BrClN2/c1-13(12-20-7-3-2-4-8-20)10-19-11-14-5-6-16(18)15(17)9-14/h5-6,9,13,19H,2-4,7-8,10-12H2,1H3. The van der Waals surface area contributed by atoms with Crippen molar-refractivity contribution in [2.75, 3.05) is 26.2 Å². The molecule has 20 heavy (non-hydrogen) atoms. The summed E-state index contributed by atoms with van der Waals surface area (Å²) in [4.78, 5) is 2.61. The second-order valence-corrected chi connectivity index (χ2v) is 7.11. The summed E-state index contributed by atoms with van der Waals surface area (Å²) < 4.78 is 0.972. The summed E-state index contributed by atoms with van der Waals surface area (Å²) in [5, 5.41) is 4.32. The van der Waals surface area contributed by atoms with Crippen molar-refractivity contribution in [1.29, 1.82) is 0 Å². The molecule has 0 amide bonds. The van der Waals surface area contributed by atoms with Gasteiger partial charge in [-0.3, -0.25) is 0 Å². The highest BCUT2D eigenvalue weighted by molar-refractivity contribution is 9.10. The third-order valence-electron chi connectivity index (χ3n) is 3.82. The number of benzene rings is 1. The summed E-state index contributed by atoms with van der Waals surface area (Å²) in [7, 11) is 0. The van der Waals surface area contributed by atoms with Crippen molar-refractivity contribution < 1.29 is 0 Å². The summed E-state index contributed by atoms with van der Waals surface area (Å²) in [6.07, 6.45) is 4.16. The second-order valence-electron chi connectivity index (χ2n) is 5.85. The molecule has 1 aromatic rings. The van der Waals surface area contributed by atoms with Gasteiger partial charge in [0.1, 0.15) is 0 Å². The van der Waals surface area contributed by atoms with E-state index < -0.39 is 0 Å². The van der Waals surface area contributed by atoms with Gasteiger partial charge in [-0.25, -0.2) is 0 Å². The Morgan fingerprint density at radius 3 is 2.75 bits per heavy atom. The van der Waals surface area contributed by atoms with Crippen LogP contribution in [0.15, 0.2) is 22.7 Å². The van der Waals surface area contributed by atoms with Crippen molar-refractivity contribution in [2.45, 2.75) is 32.7 Å². The van der Waals surface area contributed by atoms with Gasteiger partial charge in [0.25, 0.3) is 0 Å². The minimum atomic E-state index is 0.698. The molecule has 0 radical (unpaired) electrons. The lowest BCUT2D eigenvalue weighted by molar-refractivity contribution is 0.199. The molecule has 0 saturated carbocycles. The van der Waals surface area contributed by atoms with Gasteiger partial charge in [-0.2, -0.15) is 0 Å². The maximum Gasteiger partial charge on any atom is 0.0548 e. The van der Waals surface area contributed by atoms with Crippen molar-refractivity contribution in [2.24, 2.45) is 5.92 Å². The van der Waals surface area contributed by atoms with Crippen LogP contribution in [0.1, 0.15) is 31.7 Å². The molecule has 2 rings (SSSR count). The molecule has 0 bridgehead atoms. The molecule has 1 N–H and O–H groups in total. The van der Waals surface area contributed by atoms with Gasteiger partial charge in [0.05, 0.1) is 5.02 Å². The molecule has 1 aromatic carbocycles. The molecule has 1 fully saturated rings. The van der Waals surface area contributed by atoms with Crippen molar-refractivity contribution in [3.63, 3.8) is 0 Å². The average molecular weight is 360 g/mol. The van der Waals surface area contributed by atoms with E-state index >= 15 is 0 Å². The monoisotopic (exact) mass is 358 g/mol. The van der Waals surface area contributed by atoms with E-state index in [4.69, 9.17) is 11.6 Å². The van der Waals surface area contributed by atoms with E-state index in [1.54, 1.807) is 0 Å². The van der Waals surface area contributed by atoms with Crippen molar-refractivity contribution in [3.8, 4) is 0 Å². The largest absolute Gasteiger partial charge is 0.312 e. The van der Waals surface area contributed by atoms with Crippen LogP contribution in [0.5, 0.6) is 0 Å². The minimum Gasteiger partial charge on any atom is -0.312 e. The topological polar surface area (TPSA) is 15.3 Å². The average Bonchev–Trinajstić information content (AvgIpc) is 2.44. The Balaban J connectivity index is 1.67. The van der Waals surface area contributed by atoms with Crippen LogP contribution in [0.2, 0.25) is 5.02 Å². The Labute approximate surface area is 136 Å². The molecule has 1 aliphatic rings. The number of nitrogens with one attached hydrogen (secondary N) is 1. The zero-order chi connectivity index (χ0) is 14.4. The van der Waals surface area contributed by atoms with E-state index in [0.717, 1.165) is 22.6 Å². The van der Waals surface area contributed by atoms with Crippen LogP contribution in [0.25, 0.3) is 0 Å². The molecule has 1 heterocycles. The van der Waals surface area contributed by atoms with Crippen LogP contribution < -0.4 is 5.32 Å². The third-order valence-corrected chi connectivity index (χ3v) is 5.04. The second kappa shape index (κ2) is 8.38. The molecular weight excluding hydrogens is 336 g/mol. The van der Waals surface area contributed by atoms with E-state index in [9.17, 15) is 0 Å². The maximum atomic E-state index is 6.00. The number of piperidine rings is 1. The van der Waals surface area contributed by atoms with Gasteiger partial charge in [0.15, 0.2) is 0 Å². The number of hydrogen-bond acceptors (Lipinski definition) is 2. The van der Waals surface area contributed by atoms with Crippen LogP contribution in [-0.4, -0.2) is 31.1 Å². The van der Waals surface area contributed by atoms with Crippen molar-refractivity contribution in [1.82, 2.24) is 10.2 Å². The smallest absolute Gasteiger partial charge is 0.0548 e. The lowest BCUT2D eigenvalue weighted by Crippen LogP contribution is -2.36. The van der Waals surface area contributed by atoms with E-state index in [-0.39, 0.29) is 0 Å². The molecule has 112 valence electrons. The predicted octanol–water partition coefficient (Wildman–Crippen LogP) is 4.31. The summed E-state index contributed by atoms with van der Waals surface area (Å²) in [6, 6.07) is 6.11. The van der Waals surface area contributed by atoms with Crippen molar-refractivity contribution >= 4 is 27.5 Å². The van der Waals surface area contributed by atoms with E-state index in [0.29, 0.717) is 5.92 Å². The van der Waals surface area contributed by atoms with Gasteiger partial charge in [-0.1, -0.05) is 31.0 Å². The van der Waals surface area contributed by atoms with Crippen LogP contribution >= 0.6 is 27.5 Å². The first-order valence-electron chi connectivity index (χ1n) is 7.52. The molecule has 0 spiro atoms. The molecule has 2 nitrogen and oxygen atoms in total. The first-order chi connectivity index (χ1) is 9.65. The van der Waals surface area contributed by atoms with Crippen LogP contribution in [0.4, 0.5) is 0 Å².